The number of hydrogen-bond donors (Lipinski definition) is 2. The summed E-state index contributed by atoms with van der Waals surface area (Å²) in [6.45, 7) is 1.61. The van der Waals surface area contributed by atoms with Crippen molar-refractivity contribution in [3.05, 3.63) is 11.3 Å². The summed E-state index contributed by atoms with van der Waals surface area (Å²) < 4.78 is 0. The van der Waals surface area contributed by atoms with Gasteiger partial charge in [0.25, 0.3) is 0 Å². The number of carbonyl (C=O) groups is 2. The fourth-order valence-corrected chi connectivity index (χ4v) is 1.01. The minimum Gasteiger partial charge on any atom is -0.478 e. The van der Waals surface area contributed by atoms with E-state index in [0.29, 0.717) is 0 Å². The first-order valence-corrected chi connectivity index (χ1v) is 3.78. The van der Waals surface area contributed by atoms with E-state index in [2.05, 4.69) is 0 Å². The van der Waals surface area contributed by atoms with Gasteiger partial charge >= 0.3 is 11.9 Å². The summed E-state index contributed by atoms with van der Waals surface area (Å²) in [6.07, 6.45) is 0.190. The van der Waals surface area contributed by atoms with Gasteiger partial charge in [0, 0.05) is 14.1 Å². The number of likely N-dealkylation sites (N-methyl/N-ethyl adjacent to an activating group) is 1. The van der Waals surface area contributed by atoms with Gasteiger partial charge in [-0.05, 0) is 6.42 Å². The summed E-state index contributed by atoms with van der Waals surface area (Å²) >= 11 is 0. The molecule has 2 N–H and O–H groups in total. The van der Waals surface area contributed by atoms with Crippen LogP contribution in [0.5, 0.6) is 0 Å². The molecule has 0 unspecified atom stereocenters. The van der Waals surface area contributed by atoms with Crippen LogP contribution >= 0.6 is 0 Å². The van der Waals surface area contributed by atoms with Crippen LogP contribution in [0.4, 0.5) is 0 Å². The minimum atomic E-state index is -1.22. The quantitative estimate of drug-likeness (QED) is 0.622. The Hall–Kier alpha value is -1.52. The summed E-state index contributed by atoms with van der Waals surface area (Å²) in [7, 11) is 3.00. The molecule has 0 aromatic heterocycles. The van der Waals surface area contributed by atoms with Gasteiger partial charge in [0.1, 0.15) is 5.70 Å². The predicted molar refractivity (Wildman–Crippen MR) is 46.3 cm³/mol. The van der Waals surface area contributed by atoms with Crippen LogP contribution in [0.15, 0.2) is 11.3 Å². The average Bonchev–Trinajstić information content (AvgIpc) is 1.97. The number of rotatable bonds is 4. The predicted octanol–water partition coefficient (Wildman–Crippen LogP) is 0.381. The molecule has 0 saturated heterocycles. The van der Waals surface area contributed by atoms with Crippen molar-refractivity contribution in [3.8, 4) is 0 Å². The van der Waals surface area contributed by atoms with Gasteiger partial charge < -0.3 is 15.1 Å². The molecule has 0 radical (unpaired) electrons. The van der Waals surface area contributed by atoms with E-state index in [1.807, 2.05) is 0 Å². The molecule has 5 nitrogen and oxygen atoms in total. The van der Waals surface area contributed by atoms with E-state index in [9.17, 15) is 9.59 Å². The summed E-state index contributed by atoms with van der Waals surface area (Å²) in [5.74, 6) is -2.40. The molecule has 0 aliphatic rings. The summed E-state index contributed by atoms with van der Waals surface area (Å²) in [5, 5.41) is 17.4. The lowest BCUT2D eigenvalue weighted by Crippen LogP contribution is -2.23. The highest BCUT2D eigenvalue weighted by Crippen LogP contribution is 2.11. The number of aliphatic carboxylic acids is 2. The van der Waals surface area contributed by atoms with Crippen molar-refractivity contribution in [2.45, 2.75) is 13.3 Å². The van der Waals surface area contributed by atoms with E-state index in [4.69, 9.17) is 10.2 Å². The van der Waals surface area contributed by atoms with Crippen LogP contribution in [-0.4, -0.2) is 41.1 Å². The zero-order chi connectivity index (χ0) is 10.6. The molecule has 0 aromatic carbocycles. The smallest absolute Gasteiger partial charge is 0.352 e. The van der Waals surface area contributed by atoms with E-state index >= 15 is 0 Å². The van der Waals surface area contributed by atoms with Crippen molar-refractivity contribution in [2.75, 3.05) is 14.1 Å². The van der Waals surface area contributed by atoms with Gasteiger partial charge in [-0.2, -0.15) is 0 Å². The monoisotopic (exact) mass is 187 g/mol. The number of carboxylic acids is 2. The Labute approximate surface area is 76.3 Å². The maximum atomic E-state index is 10.7. The molecule has 0 rings (SSSR count). The molecule has 0 saturated carbocycles. The van der Waals surface area contributed by atoms with Crippen molar-refractivity contribution in [3.63, 3.8) is 0 Å². The zero-order valence-corrected chi connectivity index (χ0v) is 7.87. The summed E-state index contributed by atoms with van der Waals surface area (Å²) in [5.41, 5.74) is -0.257. The van der Waals surface area contributed by atoms with Crippen molar-refractivity contribution in [1.82, 2.24) is 4.90 Å². The van der Waals surface area contributed by atoms with Gasteiger partial charge in [-0.15, -0.1) is 0 Å². The van der Waals surface area contributed by atoms with Crippen molar-refractivity contribution >= 4 is 11.9 Å². The lowest BCUT2D eigenvalue weighted by atomic mass is 10.1. The summed E-state index contributed by atoms with van der Waals surface area (Å²) in [6, 6.07) is 0. The van der Waals surface area contributed by atoms with Crippen molar-refractivity contribution in [2.24, 2.45) is 0 Å². The standard InChI is InChI=1S/C8H13NO4/c1-4-5(7(10)11)6(8(12)13)9(2)3/h4H2,1-3H3,(H,10,11)(H,12,13)/b6-5-. The van der Waals surface area contributed by atoms with Crippen LogP contribution in [0.25, 0.3) is 0 Å². The second-order valence-corrected chi connectivity index (χ2v) is 2.69. The van der Waals surface area contributed by atoms with Gasteiger partial charge in [-0.3, -0.25) is 0 Å². The zero-order valence-electron chi connectivity index (χ0n) is 7.87. The molecule has 74 valence electrons. The molecule has 0 bridgehead atoms. The fourth-order valence-electron chi connectivity index (χ4n) is 1.01. The maximum absolute atomic E-state index is 10.7. The number of carboxylic acid groups (broad SMARTS) is 2. The minimum absolute atomic E-state index is 0.0856. The SMILES string of the molecule is CC/C(C(=O)O)=C(\C(=O)O)N(C)C. The normalized spacial score (nSPS) is 11.9. The molecule has 0 aromatic rings. The highest BCUT2D eigenvalue weighted by Gasteiger charge is 2.19. The molecule has 0 heterocycles. The van der Waals surface area contributed by atoms with Crippen molar-refractivity contribution < 1.29 is 19.8 Å². The highest BCUT2D eigenvalue weighted by atomic mass is 16.4. The molecule has 0 aliphatic heterocycles. The van der Waals surface area contributed by atoms with Crippen LogP contribution in [0.1, 0.15) is 13.3 Å². The molecular formula is C8H13NO4. The fraction of sp³-hybridized carbons (Fsp3) is 0.500. The van der Waals surface area contributed by atoms with Crippen LogP contribution in [0.3, 0.4) is 0 Å². The van der Waals surface area contributed by atoms with Crippen LogP contribution in [0, 0.1) is 0 Å². The van der Waals surface area contributed by atoms with E-state index in [0.717, 1.165) is 0 Å². The van der Waals surface area contributed by atoms with Crippen molar-refractivity contribution in [1.29, 1.82) is 0 Å². The van der Waals surface area contributed by atoms with E-state index in [1.54, 1.807) is 6.92 Å². The summed E-state index contributed by atoms with van der Waals surface area (Å²) in [4.78, 5) is 22.6. The molecule has 13 heavy (non-hydrogen) atoms. The first kappa shape index (κ1) is 11.5. The van der Waals surface area contributed by atoms with E-state index < -0.39 is 11.9 Å². The Morgan fingerprint density at radius 3 is 1.69 bits per heavy atom. The van der Waals surface area contributed by atoms with Gasteiger partial charge in [-0.25, -0.2) is 9.59 Å². The maximum Gasteiger partial charge on any atom is 0.352 e. The molecule has 0 spiro atoms. The van der Waals surface area contributed by atoms with E-state index in [-0.39, 0.29) is 17.7 Å². The van der Waals surface area contributed by atoms with Crippen LogP contribution in [-0.2, 0) is 9.59 Å². The third-order valence-corrected chi connectivity index (χ3v) is 1.55. The second-order valence-electron chi connectivity index (χ2n) is 2.69. The Morgan fingerprint density at radius 2 is 1.62 bits per heavy atom. The molecule has 0 aliphatic carbocycles. The Morgan fingerprint density at radius 1 is 1.15 bits per heavy atom. The molecule has 0 amide bonds. The Bertz CT molecular complexity index is 255. The highest BCUT2D eigenvalue weighted by molar-refractivity contribution is 5.98. The van der Waals surface area contributed by atoms with Crippen LogP contribution in [0.2, 0.25) is 0 Å². The molecule has 5 heteroatoms. The average molecular weight is 187 g/mol. The lowest BCUT2D eigenvalue weighted by molar-refractivity contribution is -0.137. The third kappa shape index (κ3) is 2.77. The first-order chi connectivity index (χ1) is 5.91. The Kier molecular flexibility index (Phi) is 3.97. The Balaban J connectivity index is 5.26. The third-order valence-electron chi connectivity index (χ3n) is 1.55. The van der Waals surface area contributed by atoms with Gasteiger partial charge in [-0.1, -0.05) is 6.92 Å². The topological polar surface area (TPSA) is 77.8 Å². The molecule has 0 fully saturated rings. The van der Waals surface area contributed by atoms with Gasteiger partial charge in [0.2, 0.25) is 0 Å². The second kappa shape index (κ2) is 4.49. The lowest BCUT2D eigenvalue weighted by Gasteiger charge is -2.15. The van der Waals surface area contributed by atoms with Gasteiger partial charge in [0.15, 0.2) is 0 Å². The van der Waals surface area contributed by atoms with Crippen LogP contribution < -0.4 is 0 Å². The first-order valence-electron chi connectivity index (χ1n) is 3.78. The largest absolute Gasteiger partial charge is 0.478 e. The number of nitrogens with zero attached hydrogens (tertiary/aromatic N) is 1. The van der Waals surface area contributed by atoms with E-state index in [1.165, 1.54) is 19.0 Å². The molecular weight excluding hydrogens is 174 g/mol. The molecule has 0 atom stereocenters. The van der Waals surface area contributed by atoms with Gasteiger partial charge in [0.05, 0.1) is 5.57 Å². The number of hydrogen-bond acceptors (Lipinski definition) is 3.